The molecule has 2 aromatic carbocycles. The number of hydrogen-bond acceptors (Lipinski definition) is 6. The SMILES string of the molecule is C(=N[C@@H]1CCCC[C@H]1N=Cc1ccccc1)c1ccccc1.O=S(=O)(O)C(F)(F)F.O=S(=O)(O)C(F)(F)F.[Cu]. The fourth-order valence-electron chi connectivity index (χ4n) is 2.88. The number of halogens is 6. The molecule has 1 aliphatic carbocycles. The molecule has 0 bridgehead atoms. The van der Waals surface area contributed by atoms with Gasteiger partial charge in [-0.25, -0.2) is 0 Å². The molecule has 0 aromatic heterocycles. The first-order valence-corrected chi connectivity index (χ1v) is 13.5. The van der Waals surface area contributed by atoms with Gasteiger partial charge in [-0.3, -0.25) is 19.1 Å². The first-order valence-electron chi connectivity index (χ1n) is 10.7. The van der Waals surface area contributed by atoms with Crippen molar-refractivity contribution >= 4 is 32.7 Å². The summed E-state index contributed by atoms with van der Waals surface area (Å²) in [6.45, 7) is 0. The first kappa shape index (κ1) is 36.7. The minimum Gasteiger partial charge on any atom is -0.287 e. The van der Waals surface area contributed by atoms with Gasteiger partial charge >= 0.3 is 31.3 Å². The fourth-order valence-corrected chi connectivity index (χ4v) is 2.88. The largest absolute Gasteiger partial charge is 0.522 e. The van der Waals surface area contributed by atoms with Gasteiger partial charge in [0.1, 0.15) is 0 Å². The van der Waals surface area contributed by atoms with Crippen molar-refractivity contribution in [1.29, 1.82) is 0 Å². The summed E-state index contributed by atoms with van der Waals surface area (Å²) in [5, 5.41) is 0. The molecule has 0 unspecified atom stereocenters. The van der Waals surface area contributed by atoms with Crippen molar-refractivity contribution in [3.8, 4) is 0 Å². The molecule has 17 heteroatoms. The van der Waals surface area contributed by atoms with Crippen LogP contribution in [-0.4, -0.2) is 61.5 Å². The summed E-state index contributed by atoms with van der Waals surface area (Å²) in [5.41, 5.74) is -8.74. The van der Waals surface area contributed by atoms with Crippen LogP contribution >= 0.6 is 0 Å². The summed E-state index contributed by atoms with van der Waals surface area (Å²) in [7, 11) is -11.7. The van der Waals surface area contributed by atoms with Gasteiger partial charge in [-0.1, -0.05) is 73.5 Å². The third-order valence-electron chi connectivity index (χ3n) is 4.71. The summed E-state index contributed by atoms with van der Waals surface area (Å²) in [6, 6.07) is 21.3. The van der Waals surface area contributed by atoms with E-state index in [1.807, 2.05) is 48.8 Å². The number of benzene rings is 2. The van der Waals surface area contributed by atoms with Crippen molar-refractivity contribution in [2.75, 3.05) is 0 Å². The third-order valence-corrected chi connectivity index (χ3v) is 5.88. The molecule has 1 aliphatic rings. The fraction of sp³-hybridized carbons (Fsp3) is 0.364. The maximum atomic E-state index is 10.7. The average molecular weight is 654 g/mol. The molecule has 2 N–H and O–H groups in total. The van der Waals surface area contributed by atoms with Gasteiger partial charge < -0.3 is 0 Å². The second-order valence-corrected chi connectivity index (χ2v) is 10.5. The second kappa shape index (κ2) is 16.1. The molecule has 2 aromatic rings. The Bertz CT molecular complexity index is 1160. The number of nitrogens with zero attached hydrogens (tertiary/aromatic N) is 2. The standard InChI is InChI=1S/C20H22N2.2CHF3O3S.Cu/c1-3-9-17(10-4-1)15-21-19-13-7-8-14-20(19)22-16-18-11-5-2-6-12-18;2*2-1(3,4)8(5,6)7;/h1-6,9-12,15-16,19-20H,7-8,13-14H2;2*(H,5,6,7);/t19-,20-;;;/m1.../s1. The van der Waals surface area contributed by atoms with Crippen molar-refractivity contribution < 1.29 is 69.4 Å². The summed E-state index contributed by atoms with van der Waals surface area (Å²) < 4.78 is 115. The molecule has 1 radical (unpaired) electrons. The third kappa shape index (κ3) is 14.6. The van der Waals surface area contributed by atoms with Crippen LogP contribution < -0.4 is 0 Å². The molecule has 0 aliphatic heterocycles. The molecule has 0 saturated heterocycles. The molecule has 3 rings (SSSR count). The number of rotatable bonds is 4. The van der Waals surface area contributed by atoms with Gasteiger partial charge in [0, 0.05) is 29.5 Å². The maximum absolute atomic E-state index is 10.7. The van der Waals surface area contributed by atoms with Gasteiger partial charge in [0.2, 0.25) is 0 Å². The normalized spacial score (nSPS) is 18.4. The molecule has 1 saturated carbocycles. The molecule has 0 spiro atoms. The van der Waals surface area contributed by atoms with Crippen LogP contribution in [0.4, 0.5) is 26.3 Å². The predicted molar refractivity (Wildman–Crippen MR) is 129 cm³/mol. The van der Waals surface area contributed by atoms with Crippen LogP contribution in [-0.2, 0) is 37.3 Å². The minimum absolute atomic E-state index is 0. The van der Waals surface area contributed by atoms with Gasteiger partial charge in [0.25, 0.3) is 0 Å². The van der Waals surface area contributed by atoms with E-state index in [0.29, 0.717) is 12.1 Å². The van der Waals surface area contributed by atoms with E-state index in [1.54, 1.807) is 0 Å². The Balaban J connectivity index is 0.000000708. The Morgan fingerprint density at radius 2 is 0.897 bits per heavy atom. The van der Waals surface area contributed by atoms with Crippen molar-refractivity contribution in [1.82, 2.24) is 0 Å². The van der Waals surface area contributed by atoms with Gasteiger partial charge in [-0.2, -0.15) is 43.2 Å². The van der Waals surface area contributed by atoms with E-state index < -0.39 is 31.3 Å². The molecule has 1 fully saturated rings. The molecule has 8 nitrogen and oxygen atoms in total. The van der Waals surface area contributed by atoms with Crippen LogP contribution in [0.2, 0.25) is 0 Å². The van der Waals surface area contributed by atoms with Gasteiger partial charge in [0.15, 0.2) is 0 Å². The van der Waals surface area contributed by atoms with E-state index in [2.05, 4.69) is 24.3 Å². The molecule has 0 amide bonds. The van der Waals surface area contributed by atoms with Crippen molar-refractivity contribution in [2.45, 2.75) is 48.8 Å². The summed E-state index contributed by atoms with van der Waals surface area (Å²) in [6.07, 6.45) is 8.80. The van der Waals surface area contributed by atoms with Crippen LogP contribution in [0, 0.1) is 0 Å². The minimum atomic E-state index is -5.84. The zero-order valence-electron chi connectivity index (χ0n) is 19.7. The Hall–Kier alpha value is -2.30. The van der Waals surface area contributed by atoms with Crippen LogP contribution in [0.3, 0.4) is 0 Å². The summed E-state index contributed by atoms with van der Waals surface area (Å²) in [5.74, 6) is 0. The van der Waals surface area contributed by atoms with Gasteiger partial charge in [-0.15, -0.1) is 0 Å². The Kier molecular flexibility index (Phi) is 15.1. The first-order chi connectivity index (χ1) is 17.4. The van der Waals surface area contributed by atoms with Crippen molar-refractivity contribution in [3.05, 3.63) is 71.8 Å². The van der Waals surface area contributed by atoms with E-state index in [9.17, 15) is 26.3 Å². The van der Waals surface area contributed by atoms with Crippen LogP contribution in [0.1, 0.15) is 36.8 Å². The summed E-state index contributed by atoms with van der Waals surface area (Å²) in [4.78, 5) is 9.62. The van der Waals surface area contributed by atoms with E-state index in [1.165, 1.54) is 24.0 Å². The van der Waals surface area contributed by atoms with Crippen molar-refractivity contribution in [2.24, 2.45) is 9.98 Å². The Labute approximate surface area is 232 Å². The van der Waals surface area contributed by atoms with E-state index >= 15 is 0 Å². The number of alkyl halides is 6. The van der Waals surface area contributed by atoms with Crippen LogP contribution in [0.5, 0.6) is 0 Å². The molecule has 223 valence electrons. The van der Waals surface area contributed by atoms with Gasteiger partial charge in [0.05, 0.1) is 12.1 Å². The van der Waals surface area contributed by atoms with E-state index in [0.717, 1.165) is 12.8 Å². The number of aliphatic imine (C=N–C) groups is 2. The topological polar surface area (TPSA) is 133 Å². The summed E-state index contributed by atoms with van der Waals surface area (Å²) >= 11 is 0. The van der Waals surface area contributed by atoms with E-state index in [4.69, 9.17) is 35.9 Å². The van der Waals surface area contributed by atoms with Crippen molar-refractivity contribution in [3.63, 3.8) is 0 Å². The zero-order valence-corrected chi connectivity index (χ0v) is 22.3. The van der Waals surface area contributed by atoms with Crippen LogP contribution in [0.25, 0.3) is 0 Å². The molecular formula is C22H24CuF6N2O6S2. The average Bonchev–Trinajstić information content (AvgIpc) is 2.81. The van der Waals surface area contributed by atoms with Crippen LogP contribution in [0.15, 0.2) is 70.6 Å². The molecule has 2 atom stereocenters. The Morgan fingerprint density at radius 1 is 0.641 bits per heavy atom. The maximum Gasteiger partial charge on any atom is 0.522 e. The number of hydrogen-bond donors (Lipinski definition) is 2. The van der Waals surface area contributed by atoms with E-state index in [-0.39, 0.29) is 17.1 Å². The molecular weight excluding hydrogens is 630 g/mol. The predicted octanol–water partition coefficient (Wildman–Crippen LogP) is 5.32. The Morgan fingerprint density at radius 3 is 1.13 bits per heavy atom. The van der Waals surface area contributed by atoms with Gasteiger partial charge in [-0.05, 0) is 24.0 Å². The molecule has 39 heavy (non-hydrogen) atoms. The molecule has 0 heterocycles. The quantitative estimate of drug-likeness (QED) is 0.151. The zero-order chi connectivity index (χ0) is 29.0. The smallest absolute Gasteiger partial charge is 0.287 e. The monoisotopic (exact) mass is 653 g/mol. The second-order valence-electron chi connectivity index (χ2n) is 7.64.